The first-order valence-corrected chi connectivity index (χ1v) is 11.9. The average Bonchev–Trinajstić information content (AvgIpc) is 3.21. The second kappa shape index (κ2) is 15.9. The summed E-state index contributed by atoms with van der Waals surface area (Å²) in [7, 11) is 0. The van der Waals surface area contributed by atoms with Gasteiger partial charge in [0, 0.05) is 11.6 Å². The maximum atomic E-state index is 12.4. The van der Waals surface area contributed by atoms with Gasteiger partial charge in [0.2, 0.25) is 0 Å². The van der Waals surface area contributed by atoms with Gasteiger partial charge < -0.3 is 26.4 Å². The summed E-state index contributed by atoms with van der Waals surface area (Å²) in [6.07, 6.45) is -13.6. The number of aryl methyl sites for hydroxylation is 2. The van der Waals surface area contributed by atoms with E-state index in [9.17, 15) is 44.3 Å². The van der Waals surface area contributed by atoms with E-state index >= 15 is 0 Å². The molecule has 0 aliphatic heterocycles. The number of nitrogens with two attached hydrogens (primary N) is 1. The zero-order valence-corrected chi connectivity index (χ0v) is 23.2. The summed E-state index contributed by atoms with van der Waals surface area (Å²) in [5, 5.41) is 25.6. The standard InChI is InChI=1S/C16H15ClN4OS.3C2HF3O2/c1-8-11-13(18)14(23-16(11)21-9(2)12(8)17)15(22)20-7-10-5-3-4-6-19-10;3*3-2(4,5)1(6)7/h3-6H,7,18H2,1-2H3,(H,20,22);3*(H,6,7). The Morgan fingerprint density at radius 1 is 0.886 bits per heavy atom. The third-order valence-corrected chi connectivity index (χ3v) is 5.96. The van der Waals surface area contributed by atoms with E-state index in [4.69, 9.17) is 47.0 Å². The zero-order valence-electron chi connectivity index (χ0n) is 21.7. The molecule has 6 N–H and O–H groups in total. The van der Waals surface area contributed by atoms with Crippen molar-refractivity contribution in [3.8, 4) is 0 Å². The minimum Gasteiger partial charge on any atom is -0.475 e. The predicted octanol–water partition coefficient (Wildman–Crippen LogP) is 5.37. The Morgan fingerprint density at radius 2 is 1.32 bits per heavy atom. The molecule has 3 rings (SSSR count). The van der Waals surface area contributed by atoms with Crippen molar-refractivity contribution in [2.45, 2.75) is 38.9 Å². The molecule has 22 heteroatoms. The van der Waals surface area contributed by atoms with Crippen LogP contribution in [0.1, 0.15) is 26.6 Å². The molecule has 0 atom stereocenters. The minimum absolute atomic E-state index is 0.232. The second-order valence-electron chi connectivity index (χ2n) is 7.57. The van der Waals surface area contributed by atoms with Gasteiger partial charge in [0.25, 0.3) is 5.91 Å². The Kier molecular flexibility index (Phi) is 14.3. The fraction of sp³-hybridized carbons (Fsp3) is 0.273. The van der Waals surface area contributed by atoms with Gasteiger partial charge in [-0.1, -0.05) is 17.7 Å². The smallest absolute Gasteiger partial charge is 0.475 e. The fourth-order valence-corrected chi connectivity index (χ4v) is 3.63. The molecule has 1 amide bonds. The van der Waals surface area contributed by atoms with Crippen LogP contribution in [0.5, 0.6) is 0 Å². The van der Waals surface area contributed by atoms with Crippen molar-refractivity contribution < 1.29 is 74.0 Å². The highest BCUT2D eigenvalue weighted by Crippen LogP contribution is 2.38. The molecule has 3 heterocycles. The van der Waals surface area contributed by atoms with E-state index < -0.39 is 36.4 Å². The summed E-state index contributed by atoms with van der Waals surface area (Å²) in [6.45, 7) is 4.07. The molecule has 3 aromatic rings. The lowest BCUT2D eigenvalue weighted by atomic mass is 10.1. The zero-order chi connectivity index (χ0) is 34.8. The number of alkyl halides is 9. The van der Waals surface area contributed by atoms with E-state index in [1.54, 1.807) is 6.20 Å². The molecule has 0 saturated carbocycles. The third kappa shape index (κ3) is 12.9. The van der Waals surface area contributed by atoms with Crippen molar-refractivity contribution in [1.82, 2.24) is 15.3 Å². The lowest BCUT2D eigenvalue weighted by Crippen LogP contribution is -2.23. The highest BCUT2D eigenvalue weighted by atomic mass is 35.5. The second-order valence-corrected chi connectivity index (χ2v) is 8.95. The van der Waals surface area contributed by atoms with Gasteiger partial charge in [0.1, 0.15) is 9.71 Å². The number of anilines is 1. The Balaban J connectivity index is 0.000000721. The van der Waals surface area contributed by atoms with Crippen LogP contribution >= 0.6 is 22.9 Å². The number of carbonyl (C=O) groups excluding carboxylic acids is 1. The molecule has 44 heavy (non-hydrogen) atoms. The van der Waals surface area contributed by atoms with Crippen molar-refractivity contribution in [2.75, 3.05) is 5.73 Å². The van der Waals surface area contributed by atoms with Crippen LogP contribution in [-0.2, 0) is 20.9 Å². The molecule has 0 unspecified atom stereocenters. The number of carboxylic acid groups (broad SMARTS) is 3. The molecule has 0 aliphatic rings. The van der Waals surface area contributed by atoms with Crippen LogP contribution in [0.3, 0.4) is 0 Å². The first-order valence-electron chi connectivity index (χ1n) is 10.7. The maximum Gasteiger partial charge on any atom is 0.490 e. The van der Waals surface area contributed by atoms with Crippen molar-refractivity contribution in [1.29, 1.82) is 0 Å². The average molecular weight is 689 g/mol. The predicted molar refractivity (Wildman–Crippen MR) is 135 cm³/mol. The number of amides is 1. The highest BCUT2D eigenvalue weighted by Gasteiger charge is 2.39. The molecule has 0 saturated heterocycles. The molecule has 11 nitrogen and oxygen atoms in total. The summed E-state index contributed by atoms with van der Waals surface area (Å²) in [5.41, 5.74) is 8.96. The number of carboxylic acids is 3. The number of pyridine rings is 2. The lowest BCUT2D eigenvalue weighted by Gasteiger charge is -2.05. The molecular weight excluding hydrogens is 671 g/mol. The van der Waals surface area contributed by atoms with E-state index in [0.717, 1.165) is 27.2 Å². The van der Waals surface area contributed by atoms with E-state index in [1.807, 2.05) is 32.0 Å². The van der Waals surface area contributed by atoms with Crippen LogP contribution in [0, 0.1) is 13.8 Å². The van der Waals surface area contributed by atoms with Gasteiger partial charge in [-0.2, -0.15) is 39.5 Å². The summed E-state index contributed by atoms with van der Waals surface area (Å²) >= 11 is 7.51. The quantitative estimate of drug-likeness (QED) is 0.223. The van der Waals surface area contributed by atoms with E-state index in [2.05, 4.69) is 15.3 Å². The van der Waals surface area contributed by atoms with E-state index in [-0.39, 0.29) is 5.91 Å². The summed E-state index contributed by atoms with van der Waals surface area (Å²) in [6, 6.07) is 5.56. The highest BCUT2D eigenvalue weighted by molar-refractivity contribution is 7.21. The van der Waals surface area contributed by atoms with Crippen LogP contribution in [0.25, 0.3) is 10.2 Å². The number of fused-ring (bicyclic) bond motifs is 1. The fourth-order valence-electron chi connectivity index (χ4n) is 2.38. The van der Waals surface area contributed by atoms with Crippen molar-refractivity contribution in [2.24, 2.45) is 0 Å². The molecular formula is C22H18ClF9N4O7S. The largest absolute Gasteiger partial charge is 0.490 e. The Bertz CT molecular complexity index is 1420. The molecule has 0 aliphatic carbocycles. The number of nitrogens with zero attached hydrogens (tertiary/aromatic N) is 2. The number of nitrogens with one attached hydrogen (secondary N) is 1. The monoisotopic (exact) mass is 688 g/mol. The number of thiophene rings is 1. The Labute approximate surface area is 248 Å². The van der Waals surface area contributed by atoms with Gasteiger partial charge in [0.15, 0.2) is 0 Å². The number of aromatic nitrogens is 2. The third-order valence-electron chi connectivity index (χ3n) is 4.31. The first kappa shape index (κ1) is 39.6. The molecule has 0 radical (unpaired) electrons. The SMILES string of the molecule is Cc1nc2sc(C(=O)NCc3ccccn3)c(N)c2c(C)c1Cl.O=C(O)C(F)(F)F.O=C(O)C(F)(F)F.O=C(O)C(F)(F)F. The van der Waals surface area contributed by atoms with Crippen LogP contribution in [-0.4, -0.2) is 67.6 Å². The number of hydrogen-bond acceptors (Lipinski definition) is 8. The van der Waals surface area contributed by atoms with Gasteiger partial charge >= 0.3 is 36.4 Å². The van der Waals surface area contributed by atoms with Gasteiger partial charge in [-0.25, -0.2) is 19.4 Å². The number of hydrogen-bond donors (Lipinski definition) is 5. The summed E-state index contributed by atoms with van der Waals surface area (Å²) < 4.78 is 95.2. The molecule has 0 spiro atoms. The van der Waals surface area contributed by atoms with Gasteiger partial charge in [-0.15, -0.1) is 11.3 Å². The minimum atomic E-state index is -5.08. The first-order chi connectivity index (χ1) is 19.8. The van der Waals surface area contributed by atoms with Crippen molar-refractivity contribution in [3.63, 3.8) is 0 Å². The van der Waals surface area contributed by atoms with Gasteiger partial charge in [-0.3, -0.25) is 9.78 Å². The van der Waals surface area contributed by atoms with Gasteiger partial charge in [-0.05, 0) is 31.5 Å². The van der Waals surface area contributed by atoms with Crippen molar-refractivity contribution in [3.05, 3.63) is 51.2 Å². The van der Waals surface area contributed by atoms with Crippen LogP contribution in [0.15, 0.2) is 24.4 Å². The normalized spacial score (nSPS) is 11.1. The Hall–Kier alpha value is -4.40. The van der Waals surface area contributed by atoms with Gasteiger partial charge in [0.05, 0.1) is 28.6 Å². The maximum absolute atomic E-state index is 12.4. The lowest BCUT2D eigenvalue weighted by molar-refractivity contribution is -0.193. The van der Waals surface area contributed by atoms with E-state index in [0.29, 0.717) is 22.1 Å². The van der Waals surface area contributed by atoms with E-state index in [1.165, 1.54) is 11.3 Å². The molecule has 0 fully saturated rings. The number of halogens is 10. The summed E-state index contributed by atoms with van der Waals surface area (Å²) in [4.78, 5) is 48.9. The number of aliphatic carboxylic acids is 3. The van der Waals surface area contributed by atoms with Crippen LogP contribution in [0.4, 0.5) is 45.2 Å². The number of rotatable bonds is 3. The molecule has 0 bridgehead atoms. The van der Waals surface area contributed by atoms with Crippen molar-refractivity contribution >= 4 is 62.7 Å². The molecule has 0 aromatic carbocycles. The topological polar surface area (TPSA) is 193 Å². The number of nitrogen functional groups attached to an aromatic ring is 1. The Morgan fingerprint density at radius 3 is 1.68 bits per heavy atom. The van der Waals surface area contributed by atoms with Crippen LogP contribution < -0.4 is 11.1 Å². The van der Waals surface area contributed by atoms with Crippen LogP contribution in [0.2, 0.25) is 5.02 Å². The number of carbonyl (C=O) groups is 4. The summed E-state index contributed by atoms with van der Waals surface area (Å²) in [5.74, 6) is -8.50. The molecule has 244 valence electrons. The molecule has 3 aromatic heterocycles.